The number of ether oxygens (including phenoxy) is 2. The molecule has 10 nitrogen and oxygen atoms in total. The number of nitrogens with zero attached hydrogens (tertiary/aromatic N) is 1. The molecule has 1 aliphatic heterocycles. The number of methoxy groups -OCH3 is 2. The highest BCUT2D eigenvalue weighted by Gasteiger charge is 2.36. The van der Waals surface area contributed by atoms with E-state index >= 15 is 0 Å². The Kier molecular flexibility index (Phi) is 8.37. The summed E-state index contributed by atoms with van der Waals surface area (Å²) in [7, 11) is -0.889. The van der Waals surface area contributed by atoms with Crippen LogP contribution in [0.4, 0.5) is 5.69 Å². The van der Waals surface area contributed by atoms with Crippen molar-refractivity contribution in [3.8, 4) is 0 Å². The number of hydrogen-bond donors (Lipinski definition) is 2. The van der Waals surface area contributed by atoms with Crippen molar-refractivity contribution in [3.05, 3.63) is 59.7 Å². The summed E-state index contributed by atoms with van der Waals surface area (Å²) < 4.78 is 36.5. The lowest BCUT2D eigenvalue weighted by atomic mass is 10.1. The number of anilines is 1. The number of benzene rings is 2. The van der Waals surface area contributed by atoms with Crippen LogP contribution in [-0.2, 0) is 35.6 Å². The number of carbonyl (C=O) groups excluding carboxylic acids is 3. The molecule has 2 aromatic carbocycles. The van der Waals surface area contributed by atoms with E-state index in [9.17, 15) is 22.8 Å². The SMILES string of the molecule is COCCNS(=O)(=O)c1ccc(CNC(=O)C2CC(=O)N(c3ccccc3C(=O)OC)C2)cc1. The van der Waals surface area contributed by atoms with Gasteiger partial charge in [0.15, 0.2) is 0 Å². The van der Waals surface area contributed by atoms with Gasteiger partial charge in [0.2, 0.25) is 21.8 Å². The molecule has 1 atom stereocenters. The fraction of sp³-hybridized carbons (Fsp3) is 0.348. The van der Waals surface area contributed by atoms with E-state index in [0.29, 0.717) is 11.3 Å². The van der Waals surface area contributed by atoms with Crippen LogP contribution in [0.15, 0.2) is 53.4 Å². The predicted molar refractivity (Wildman–Crippen MR) is 124 cm³/mol. The molecular formula is C23H27N3O7S. The summed E-state index contributed by atoms with van der Waals surface area (Å²) in [6.07, 6.45) is 0.0195. The Balaban J connectivity index is 1.59. The summed E-state index contributed by atoms with van der Waals surface area (Å²) in [5, 5.41) is 2.79. The van der Waals surface area contributed by atoms with Crippen LogP contribution in [0.5, 0.6) is 0 Å². The zero-order valence-corrected chi connectivity index (χ0v) is 19.8. The standard InChI is InChI=1S/C23H27N3O7S/c1-32-12-11-25-34(30,31)18-9-7-16(8-10-18)14-24-22(28)17-13-21(27)26(15-17)20-6-4-3-5-19(20)23(29)33-2/h3-10,17,25H,11-15H2,1-2H3,(H,24,28). The van der Waals surface area contributed by atoms with Crippen LogP contribution in [-0.4, -0.2) is 60.1 Å². The van der Waals surface area contributed by atoms with Crippen LogP contribution < -0.4 is 14.9 Å². The van der Waals surface area contributed by atoms with Crippen LogP contribution in [0.1, 0.15) is 22.3 Å². The van der Waals surface area contributed by atoms with E-state index < -0.39 is 21.9 Å². The molecule has 0 aliphatic carbocycles. The Morgan fingerprint density at radius 3 is 2.47 bits per heavy atom. The van der Waals surface area contributed by atoms with E-state index in [1.807, 2.05) is 0 Å². The third kappa shape index (κ3) is 5.99. The van der Waals surface area contributed by atoms with Crippen molar-refractivity contribution in [2.24, 2.45) is 5.92 Å². The monoisotopic (exact) mass is 489 g/mol. The molecule has 2 aromatic rings. The van der Waals surface area contributed by atoms with Crippen molar-refractivity contribution in [3.63, 3.8) is 0 Å². The van der Waals surface area contributed by atoms with E-state index in [1.165, 1.54) is 31.3 Å². The van der Waals surface area contributed by atoms with Crippen molar-refractivity contribution in [1.82, 2.24) is 10.0 Å². The molecular weight excluding hydrogens is 462 g/mol. The molecule has 1 saturated heterocycles. The molecule has 1 unspecified atom stereocenters. The number of para-hydroxylation sites is 1. The third-order valence-electron chi connectivity index (χ3n) is 5.39. The van der Waals surface area contributed by atoms with E-state index in [4.69, 9.17) is 9.47 Å². The van der Waals surface area contributed by atoms with Crippen LogP contribution in [0.2, 0.25) is 0 Å². The summed E-state index contributed by atoms with van der Waals surface area (Å²) in [5.41, 5.74) is 1.37. The summed E-state index contributed by atoms with van der Waals surface area (Å²) in [6, 6.07) is 12.7. The number of sulfonamides is 1. The zero-order valence-electron chi connectivity index (χ0n) is 18.9. The molecule has 0 radical (unpaired) electrons. The smallest absolute Gasteiger partial charge is 0.339 e. The van der Waals surface area contributed by atoms with E-state index in [-0.39, 0.29) is 54.9 Å². The molecule has 1 heterocycles. The van der Waals surface area contributed by atoms with Crippen molar-refractivity contribution in [2.75, 3.05) is 38.8 Å². The van der Waals surface area contributed by atoms with E-state index in [0.717, 1.165) is 0 Å². The Morgan fingerprint density at radius 1 is 1.09 bits per heavy atom. The first-order valence-electron chi connectivity index (χ1n) is 10.6. The van der Waals surface area contributed by atoms with Gasteiger partial charge < -0.3 is 19.7 Å². The number of esters is 1. The first-order valence-corrected chi connectivity index (χ1v) is 12.1. The maximum atomic E-state index is 12.7. The molecule has 0 bridgehead atoms. The van der Waals surface area contributed by atoms with Gasteiger partial charge in [-0.05, 0) is 29.8 Å². The molecule has 1 fully saturated rings. The molecule has 0 aromatic heterocycles. The van der Waals surface area contributed by atoms with Crippen molar-refractivity contribution < 1.29 is 32.3 Å². The van der Waals surface area contributed by atoms with Gasteiger partial charge in [0.05, 0.1) is 35.8 Å². The summed E-state index contributed by atoms with van der Waals surface area (Å²) in [5.74, 6) is -1.70. The second kappa shape index (κ2) is 11.2. The average Bonchev–Trinajstić information content (AvgIpc) is 3.24. The van der Waals surface area contributed by atoms with Gasteiger partial charge >= 0.3 is 5.97 Å². The van der Waals surface area contributed by atoms with Gasteiger partial charge in [-0.15, -0.1) is 0 Å². The first-order chi connectivity index (χ1) is 16.3. The molecule has 11 heteroatoms. The maximum Gasteiger partial charge on any atom is 0.339 e. The fourth-order valence-electron chi connectivity index (χ4n) is 3.59. The first kappa shape index (κ1) is 25.3. The van der Waals surface area contributed by atoms with Crippen molar-refractivity contribution >= 4 is 33.5 Å². The van der Waals surface area contributed by atoms with Crippen LogP contribution in [0.3, 0.4) is 0 Å². The molecule has 1 aliphatic rings. The Bertz CT molecular complexity index is 1150. The molecule has 2 N–H and O–H groups in total. The number of carbonyl (C=O) groups is 3. The number of nitrogens with one attached hydrogen (secondary N) is 2. The van der Waals surface area contributed by atoms with E-state index in [1.54, 1.807) is 36.4 Å². The molecule has 0 spiro atoms. The summed E-state index contributed by atoms with van der Waals surface area (Å²) >= 11 is 0. The van der Waals surface area contributed by atoms with Gasteiger partial charge in [-0.3, -0.25) is 9.59 Å². The number of rotatable bonds is 10. The minimum absolute atomic E-state index is 0.0195. The largest absolute Gasteiger partial charge is 0.465 e. The van der Waals surface area contributed by atoms with Gasteiger partial charge in [0.25, 0.3) is 0 Å². The second-order valence-corrected chi connectivity index (χ2v) is 9.43. The molecule has 0 saturated carbocycles. The minimum Gasteiger partial charge on any atom is -0.465 e. The lowest BCUT2D eigenvalue weighted by Gasteiger charge is -2.19. The predicted octanol–water partition coefficient (Wildman–Crippen LogP) is 1.07. The zero-order chi connectivity index (χ0) is 24.7. The summed E-state index contributed by atoms with van der Waals surface area (Å²) in [4.78, 5) is 38.8. The Hall–Kier alpha value is -3.28. The highest BCUT2D eigenvalue weighted by atomic mass is 32.2. The van der Waals surface area contributed by atoms with Gasteiger partial charge in [-0.25, -0.2) is 17.9 Å². The van der Waals surface area contributed by atoms with Gasteiger partial charge in [-0.1, -0.05) is 24.3 Å². The average molecular weight is 490 g/mol. The topological polar surface area (TPSA) is 131 Å². The normalized spacial score (nSPS) is 15.9. The highest BCUT2D eigenvalue weighted by Crippen LogP contribution is 2.28. The third-order valence-corrected chi connectivity index (χ3v) is 6.87. The van der Waals surface area contributed by atoms with Crippen molar-refractivity contribution in [2.45, 2.75) is 17.9 Å². The van der Waals surface area contributed by atoms with E-state index in [2.05, 4.69) is 10.0 Å². The molecule has 3 rings (SSSR count). The molecule has 182 valence electrons. The number of amides is 2. The summed E-state index contributed by atoms with van der Waals surface area (Å²) in [6.45, 7) is 0.749. The van der Waals surface area contributed by atoms with Crippen LogP contribution in [0.25, 0.3) is 0 Å². The van der Waals surface area contributed by atoms with Crippen LogP contribution >= 0.6 is 0 Å². The number of hydrogen-bond acceptors (Lipinski definition) is 7. The lowest BCUT2D eigenvalue weighted by Crippen LogP contribution is -2.33. The lowest BCUT2D eigenvalue weighted by molar-refractivity contribution is -0.126. The Morgan fingerprint density at radius 2 is 1.79 bits per heavy atom. The quantitative estimate of drug-likeness (QED) is 0.377. The Labute approximate surface area is 198 Å². The second-order valence-electron chi connectivity index (χ2n) is 7.67. The molecule has 2 amide bonds. The fourth-order valence-corrected chi connectivity index (χ4v) is 4.60. The minimum atomic E-state index is -3.64. The van der Waals surface area contributed by atoms with Gasteiger partial charge in [-0.2, -0.15) is 0 Å². The van der Waals surface area contributed by atoms with Gasteiger partial charge in [0.1, 0.15) is 0 Å². The van der Waals surface area contributed by atoms with Crippen LogP contribution in [0, 0.1) is 5.92 Å². The maximum absolute atomic E-state index is 12.7. The highest BCUT2D eigenvalue weighted by molar-refractivity contribution is 7.89. The van der Waals surface area contributed by atoms with Gasteiger partial charge in [0, 0.05) is 33.2 Å². The van der Waals surface area contributed by atoms with Crippen molar-refractivity contribution in [1.29, 1.82) is 0 Å². The molecule has 34 heavy (non-hydrogen) atoms.